The van der Waals surface area contributed by atoms with Crippen LogP contribution in [0.3, 0.4) is 0 Å². The lowest BCUT2D eigenvalue weighted by atomic mass is 10.2. The van der Waals surface area contributed by atoms with Gasteiger partial charge in [-0.3, -0.25) is 0 Å². The van der Waals surface area contributed by atoms with Gasteiger partial charge in [0.2, 0.25) is 0 Å². The Morgan fingerprint density at radius 1 is 1.53 bits per heavy atom. The van der Waals surface area contributed by atoms with Crippen LogP contribution in [0.1, 0.15) is 30.5 Å². The maximum absolute atomic E-state index is 9.14. The Balaban J connectivity index is 2.31. The van der Waals surface area contributed by atoms with Crippen LogP contribution >= 0.6 is 23.1 Å². The number of aliphatic hydroxyl groups excluding tert-OH is 2. The van der Waals surface area contributed by atoms with Crippen LogP contribution in [0.4, 0.5) is 0 Å². The van der Waals surface area contributed by atoms with E-state index in [1.165, 1.54) is 0 Å². The van der Waals surface area contributed by atoms with Gasteiger partial charge in [-0.05, 0) is 0 Å². The summed E-state index contributed by atoms with van der Waals surface area (Å²) in [6.07, 6.45) is -0.613. The maximum atomic E-state index is 9.14. The van der Waals surface area contributed by atoms with E-state index in [1.54, 1.807) is 23.1 Å². The van der Waals surface area contributed by atoms with Crippen molar-refractivity contribution >= 4 is 23.1 Å². The second-order valence-electron chi connectivity index (χ2n) is 3.68. The number of aliphatic hydroxyl groups is 2. The molecular formula is C10H17NO2S2. The fourth-order valence-corrected chi connectivity index (χ4v) is 2.80. The maximum Gasteiger partial charge on any atom is 0.0954 e. The van der Waals surface area contributed by atoms with Gasteiger partial charge in [0.1, 0.15) is 0 Å². The highest BCUT2D eigenvalue weighted by molar-refractivity contribution is 7.98. The molecule has 0 fully saturated rings. The molecule has 1 unspecified atom stereocenters. The summed E-state index contributed by atoms with van der Waals surface area (Å²) >= 11 is 3.28. The number of thioether (sulfide) groups is 1. The van der Waals surface area contributed by atoms with E-state index in [0.717, 1.165) is 16.5 Å². The molecule has 1 heterocycles. The molecule has 1 rings (SSSR count). The monoisotopic (exact) mass is 247 g/mol. The van der Waals surface area contributed by atoms with Gasteiger partial charge in [0.15, 0.2) is 0 Å². The molecule has 0 amide bonds. The summed E-state index contributed by atoms with van der Waals surface area (Å²) < 4.78 is 0. The predicted octanol–water partition coefficient (Wildman–Crippen LogP) is 1.85. The van der Waals surface area contributed by atoms with Crippen molar-refractivity contribution in [2.24, 2.45) is 0 Å². The molecule has 0 aromatic carbocycles. The Kier molecular flexibility index (Phi) is 5.60. The number of nitrogens with zero attached hydrogens (tertiary/aromatic N) is 1. The third kappa shape index (κ3) is 4.51. The smallest absolute Gasteiger partial charge is 0.0954 e. The lowest BCUT2D eigenvalue weighted by Crippen LogP contribution is -2.14. The van der Waals surface area contributed by atoms with E-state index in [0.29, 0.717) is 11.7 Å². The van der Waals surface area contributed by atoms with Crippen molar-refractivity contribution in [2.45, 2.75) is 31.6 Å². The molecule has 86 valence electrons. The van der Waals surface area contributed by atoms with Crippen LogP contribution in [0.15, 0.2) is 5.38 Å². The minimum absolute atomic E-state index is 0.165. The molecule has 0 aliphatic carbocycles. The van der Waals surface area contributed by atoms with Gasteiger partial charge in [0, 0.05) is 22.8 Å². The van der Waals surface area contributed by atoms with Crippen LogP contribution in [-0.4, -0.2) is 33.7 Å². The third-order valence-electron chi connectivity index (χ3n) is 1.83. The second kappa shape index (κ2) is 6.48. The molecule has 1 aromatic heterocycles. The molecule has 3 nitrogen and oxygen atoms in total. The van der Waals surface area contributed by atoms with Gasteiger partial charge >= 0.3 is 0 Å². The van der Waals surface area contributed by atoms with Crippen molar-refractivity contribution in [2.75, 3.05) is 12.4 Å². The first-order valence-electron chi connectivity index (χ1n) is 4.94. The van der Waals surface area contributed by atoms with Crippen LogP contribution in [0.5, 0.6) is 0 Å². The van der Waals surface area contributed by atoms with E-state index >= 15 is 0 Å². The Bertz CT molecular complexity index is 289. The highest BCUT2D eigenvalue weighted by Gasteiger charge is 2.07. The topological polar surface area (TPSA) is 53.4 Å². The number of hydrogen-bond acceptors (Lipinski definition) is 5. The van der Waals surface area contributed by atoms with Crippen molar-refractivity contribution in [1.82, 2.24) is 4.98 Å². The van der Waals surface area contributed by atoms with E-state index in [1.807, 2.05) is 0 Å². The van der Waals surface area contributed by atoms with E-state index in [-0.39, 0.29) is 6.61 Å². The first kappa shape index (κ1) is 13.0. The molecule has 5 heteroatoms. The Labute approximate surface area is 98.6 Å². The molecule has 0 saturated carbocycles. The van der Waals surface area contributed by atoms with Gasteiger partial charge in [-0.15, -0.1) is 11.3 Å². The van der Waals surface area contributed by atoms with Crippen molar-refractivity contribution in [3.63, 3.8) is 0 Å². The van der Waals surface area contributed by atoms with Crippen LogP contribution in [0.25, 0.3) is 0 Å². The number of thiazole rings is 1. The highest BCUT2D eigenvalue weighted by atomic mass is 32.2. The quantitative estimate of drug-likeness (QED) is 0.805. The van der Waals surface area contributed by atoms with E-state index in [2.05, 4.69) is 24.2 Å². The van der Waals surface area contributed by atoms with Gasteiger partial charge < -0.3 is 10.2 Å². The molecule has 1 aromatic rings. The van der Waals surface area contributed by atoms with Gasteiger partial charge in [0.05, 0.1) is 23.4 Å². The molecular weight excluding hydrogens is 230 g/mol. The zero-order valence-corrected chi connectivity index (χ0v) is 10.6. The molecule has 0 spiro atoms. The van der Waals surface area contributed by atoms with Crippen molar-refractivity contribution in [3.05, 3.63) is 16.1 Å². The van der Waals surface area contributed by atoms with Crippen LogP contribution in [0.2, 0.25) is 0 Å². The highest BCUT2D eigenvalue weighted by Crippen LogP contribution is 2.21. The molecule has 2 N–H and O–H groups in total. The van der Waals surface area contributed by atoms with Crippen molar-refractivity contribution in [1.29, 1.82) is 0 Å². The minimum atomic E-state index is -0.613. The molecule has 15 heavy (non-hydrogen) atoms. The summed E-state index contributed by atoms with van der Waals surface area (Å²) in [5.74, 6) is 1.85. The standard InChI is InChI=1S/C10H17NO2S2/c1-7(2)10-11-8(5-15-10)4-14-6-9(13)3-12/h5,7,9,12-13H,3-4,6H2,1-2H3. The molecule has 0 aliphatic heterocycles. The summed E-state index contributed by atoms with van der Waals surface area (Å²) in [4.78, 5) is 4.49. The summed E-state index contributed by atoms with van der Waals surface area (Å²) in [5.41, 5.74) is 1.07. The zero-order chi connectivity index (χ0) is 11.3. The third-order valence-corrected chi connectivity index (χ3v) is 4.15. The van der Waals surface area contributed by atoms with Crippen LogP contribution < -0.4 is 0 Å². The number of hydrogen-bond donors (Lipinski definition) is 2. The Morgan fingerprint density at radius 3 is 2.80 bits per heavy atom. The lowest BCUT2D eigenvalue weighted by Gasteiger charge is -2.04. The average molecular weight is 247 g/mol. The first-order chi connectivity index (χ1) is 7.13. The lowest BCUT2D eigenvalue weighted by molar-refractivity contribution is 0.113. The van der Waals surface area contributed by atoms with Gasteiger partial charge in [-0.2, -0.15) is 11.8 Å². The first-order valence-corrected chi connectivity index (χ1v) is 6.98. The summed E-state index contributed by atoms with van der Waals surface area (Å²) in [5, 5.41) is 21.0. The summed E-state index contributed by atoms with van der Waals surface area (Å²) in [6.45, 7) is 4.10. The van der Waals surface area contributed by atoms with Crippen LogP contribution in [-0.2, 0) is 5.75 Å². The fraction of sp³-hybridized carbons (Fsp3) is 0.700. The predicted molar refractivity (Wildman–Crippen MR) is 65.5 cm³/mol. The molecule has 0 radical (unpaired) electrons. The average Bonchev–Trinajstić information content (AvgIpc) is 2.66. The van der Waals surface area contributed by atoms with Gasteiger partial charge in [-0.25, -0.2) is 4.98 Å². The van der Waals surface area contributed by atoms with Crippen molar-refractivity contribution < 1.29 is 10.2 Å². The Morgan fingerprint density at radius 2 is 2.27 bits per heavy atom. The number of aromatic nitrogens is 1. The SMILES string of the molecule is CC(C)c1nc(CSCC(O)CO)cs1. The zero-order valence-electron chi connectivity index (χ0n) is 9.01. The molecule has 0 aliphatic rings. The summed E-state index contributed by atoms with van der Waals surface area (Å²) in [6, 6.07) is 0. The largest absolute Gasteiger partial charge is 0.394 e. The van der Waals surface area contributed by atoms with E-state index in [9.17, 15) is 0 Å². The van der Waals surface area contributed by atoms with E-state index in [4.69, 9.17) is 10.2 Å². The summed E-state index contributed by atoms with van der Waals surface area (Å²) in [7, 11) is 0. The van der Waals surface area contributed by atoms with Gasteiger partial charge in [0.25, 0.3) is 0 Å². The van der Waals surface area contributed by atoms with Crippen LogP contribution in [0, 0.1) is 0 Å². The number of rotatable bonds is 6. The molecule has 0 saturated heterocycles. The molecule has 1 atom stereocenters. The second-order valence-corrected chi connectivity index (χ2v) is 5.60. The minimum Gasteiger partial charge on any atom is -0.394 e. The molecule has 0 bridgehead atoms. The Hall–Kier alpha value is -0.100. The normalized spacial score (nSPS) is 13.4. The van der Waals surface area contributed by atoms with E-state index < -0.39 is 6.10 Å². The fourth-order valence-electron chi connectivity index (χ4n) is 1.01. The van der Waals surface area contributed by atoms with Gasteiger partial charge in [-0.1, -0.05) is 13.8 Å². The van der Waals surface area contributed by atoms with Crippen molar-refractivity contribution in [3.8, 4) is 0 Å².